The van der Waals surface area contributed by atoms with Gasteiger partial charge in [0.2, 0.25) is 0 Å². The summed E-state index contributed by atoms with van der Waals surface area (Å²) in [6.45, 7) is 4.92. The molecular weight excluding hydrogens is 461 g/mol. The maximum atomic E-state index is 4.54. The number of pyridine rings is 1. The van der Waals surface area contributed by atoms with Crippen LogP contribution in [0.25, 0.3) is 0 Å². The summed E-state index contributed by atoms with van der Waals surface area (Å²) in [6.07, 6.45) is 5.63. The molecule has 1 aromatic carbocycles. The third-order valence-corrected chi connectivity index (χ3v) is 5.76. The largest absolute Gasteiger partial charge is 0.356 e. The average molecular weight is 491 g/mol. The SMILES string of the molecule is CN=C(NCC1(Cc2ccccc2)CC1)N1CCN(c2ccccn2)CC1.I. The van der Waals surface area contributed by atoms with Crippen LogP contribution in [0.3, 0.4) is 0 Å². The maximum Gasteiger partial charge on any atom is 0.193 e. The first-order chi connectivity index (χ1) is 13.3. The molecule has 1 N–H and O–H groups in total. The van der Waals surface area contributed by atoms with E-state index in [1.165, 1.54) is 18.4 Å². The predicted molar refractivity (Wildman–Crippen MR) is 127 cm³/mol. The van der Waals surface area contributed by atoms with Crippen molar-refractivity contribution in [1.29, 1.82) is 0 Å². The van der Waals surface area contributed by atoms with Crippen molar-refractivity contribution in [1.82, 2.24) is 15.2 Å². The number of nitrogens with one attached hydrogen (secondary N) is 1. The highest BCUT2D eigenvalue weighted by Crippen LogP contribution is 2.47. The van der Waals surface area contributed by atoms with Crippen LogP contribution >= 0.6 is 24.0 Å². The van der Waals surface area contributed by atoms with E-state index in [4.69, 9.17) is 0 Å². The minimum absolute atomic E-state index is 0. The minimum atomic E-state index is 0. The van der Waals surface area contributed by atoms with E-state index < -0.39 is 0 Å². The summed E-state index contributed by atoms with van der Waals surface area (Å²) < 4.78 is 0. The van der Waals surface area contributed by atoms with E-state index in [2.05, 4.69) is 67.6 Å². The summed E-state index contributed by atoms with van der Waals surface area (Å²) in [5.41, 5.74) is 1.85. The molecule has 0 radical (unpaired) electrons. The monoisotopic (exact) mass is 491 g/mol. The van der Waals surface area contributed by atoms with Gasteiger partial charge >= 0.3 is 0 Å². The van der Waals surface area contributed by atoms with Gasteiger partial charge in [0.25, 0.3) is 0 Å². The Morgan fingerprint density at radius 2 is 1.75 bits per heavy atom. The van der Waals surface area contributed by atoms with Crippen molar-refractivity contribution in [3.8, 4) is 0 Å². The minimum Gasteiger partial charge on any atom is -0.356 e. The first-order valence-corrected chi connectivity index (χ1v) is 9.94. The Kier molecular flexibility index (Phi) is 7.15. The van der Waals surface area contributed by atoms with Crippen LogP contribution < -0.4 is 10.2 Å². The summed E-state index contributed by atoms with van der Waals surface area (Å²) in [6, 6.07) is 17.0. The van der Waals surface area contributed by atoms with E-state index in [9.17, 15) is 0 Å². The standard InChI is InChI=1S/C22H29N5.HI/c1-23-21(25-18-22(10-11-22)17-19-7-3-2-4-8-19)27-15-13-26(14-16-27)20-9-5-6-12-24-20;/h2-9,12H,10-11,13-18H2,1H3,(H,23,25);1H. The first-order valence-electron chi connectivity index (χ1n) is 9.94. The van der Waals surface area contributed by atoms with Crippen molar-refractivity contribution >= 4 is 35.8 Å². The van der Waals surface area contributed by atoms with Crippen LogP contribution in [-0.4, -0.2) is 55.6 Å². The van der Waals surface area contributed by atoms with Crippen LogP contribution in [0.1, 0.15) is 18.4 Å². The predicted octanol–water partition coefficient (Wildman–Crippen LogP) is 3.42. The molecule has 1 saturated carbocycles. The third-order valence-electron chi connectivity index (χ3n) is 5.76. The Labute approximate surface area is 185 Å². The van der Waals surface area contributed by atoms with Crippen LogP contribution in [0, 0.1) is 5.41 Å². The molecule has 1 saturated heterocycles. The third kappa shape index (κ3) is 5.16. The highest BCUT2D eigenvalue weighted by Gasteiger charge is 2.42. The number of aliphatic imine (C=N–C) groups is 1. The lowest BCUT2D eigenvalue weighted by atomic mass is 9.96. The Bertz CT molecular complexity index is 753. The number of benzene rings is 1. The molecule has 4 rings (SSSR count). The lowest BCUT2D eigenvalue weighted by Gasteiger charge is -2.37. The second-order valence-corrected chi connectivity index (χ2v) is 7.73. The summed E-state index contributed by atoms with van der Waals surface area (Å²) >= 11 is 0. The van der Waals surface area contributed by atoms with Crippen LogP contribution in [0.15, 0.2) is 59.7 Å². The molecule has 28 heavy (non-hydrogen) atoms. The van der Waals surface area contributed by atoms with Gasteiger partial charge in [-0.05, 0) is 42.4 Å². The zero-order valence-corrected chi connectivity index (χ0v) is 18.9. The van der Waals surface area contributed by atoms with Crippen molar-refractivity contribution < 1.29 is 0 Å². The van der Waals surface area contributed by atoms with Crippen LogP contribution in [0.2, 0.25) is 0 Å². The number of rotatable bonds is 5. The van der Waals surface area contributed by atoms with Crippen molar-refractivity contribution in [2.24, 2.45) is 10.4 Å². The number of hydrogen-bond acceptors (Lipinski definition) is 3. The van der Waals surface area contributed by atoms with Crippen molar-refractivity contribution in [3.63, 3.8) is 0 Å². The molecule has 0 amide bonds. The number of halogens is 1. The molecule has 2 heterocycles. The molecule has 2 fully saturated rings. The van der Waals surface area contributed by atoms with Crippen molar-refractivity contribution in [2.75, 3.05) is 44.7 Å². The maximum absolute atomic E-state index is 4.54. The van der Waals surface area contributed by atoms with Crippen molar-refractivity contribution in [3.05, 3.63) is 60.3 Å². The quantitative estimate of drug-likeness (QED) is 0.396. The summed E-state index contributed by atoms with van der Waals surface area (Å²) in [7, 11) is 1.89. The van der Waals surface area contributed by atoms with E-state index in [1.54, 1.807) is 0 Å². The Hall–Kier alpha value is -1.83. The van der Waals surface area contributed by atoms with Gasteiger partial charge in [-0.2, -0.15) is 0 Å². The highest BCUT2D eigenvalue weighted by molar-refractivity contribution is 14.0. The Balaban J connectivity index is 0.00000225. The zero-order chi connectivity index (χ0) is 18.5. The number of aromatic nitrogens is 1. The molecule has 2 aliphatic rings. The van der Waals surface area contributed by atoms with Gasteiger partial charge in [0.1, 0.15) is 5.82 Å². The van der Waals surface area contributed by atoms with Crippen molar-refractivity contribution in [2.45, 2.75) is 19.3 Å². The molecule has 1 aromatic heterocycles. The smallest absolute Gasteiger partial charge is 0.193 e. The van der Waals surface area contributed by atoms with Crippen LogP contribution in [0.4, 0.5) is 5.82 Å². The molecule has 150 valence electrons. The number of anilines is 1. The van der Waals surface area contributed by atoms with Gasteiger partial charge < -0.3 is 15.1 Å². The summed E-state index contributed by atoms with van der Waals surface area (Å²) in [5.74, 6) is 2.11. The lowest BCUT2D eigenvalue weighted by molar-refractivity contribution is 0.364. The summed E-state index contributed by atoms with van der Waals surface area (Å²) in [4.78, 5) is 13.7. The first kappa shape index (κ1) is 20.9. The molecule has 6 heteroatoms. The second-order valence-electron chi connectivity index (χ2n) is 7.73. The van der Waals surface area contributed by atoms with Gasteiger partial charge in [-0.15, -0.1) is 24.0 Å². The number of guanidine groups is 1. The fourth-order valence-electron chi connectivity index (χ4n) is 3.91. The molecule has 1 aliphatic carbocycles. The van der Waals surface area contributed by atoms with E-state index in [0.717, 1.165) is 50.9 Å². The van der Waals surface area contributed by atoms with E-state index in [1.807, 2.05) is 19.3 Å². The van der Waals surface area contributed by atoms with Gasteiger partial charge in [-0.25, -0.2) is 4.98 Å². The van der Waals surface area contributed by atoms with Gasteiger partial charge in [-0.3, -0.25) is 4.99 Å². The lowest BCUT2D eigenvalue weighted by Crippen LogP contribution is -2.53. The molecular formula is C22H30IN5. The van der Waals surface area contributed by atoms with Gasteiger partial charge in [0, 0.05) is 46.0 Å². The number of hydrogen-bond donors (Lipinski definition) is 1. The number of nitrogens with zero attached hydrogens (tertiary/aromatic N) is 4. The molecule has 1 aliphatic heterocycles. The summed E-state index contributed by atoms with van der Waals surface area (Å²) in [5, 5.41) is 3.66. The highest BCUT2D eigenvalue weighted by atomic mass is 127. The van der Waals surface area contributed by atoms with E-state index >= 15 is 0 Å². The Morgan fingerprint density at radius 3 is 2.36 bits per heavy atom. The Morgan fingerprint density at radius 1 is 1.04 bits per heavy atom. The number of piperazine rings is 1. The fourth-order valence-corrected chi connectivity index (χ4v) is 3.91. The molecule has 5 nitrogen and oxygen atoms in total. The molecule has 0 atom stereocenters. The topological polar surface area (TPSA) is 43.8 Å². The fraction of sp³-hybridized carbons (Fsp3) is 0.455. The van der Waals surface area contributed by atoms with Gasteiger partial charge in [0.05, 0.1) is 0 Å². The average Bonchev–Trinajstić information content (AvgIpc) is 3.50. The zero-order valence-electron chi connectivity index (χ0n) is 16.6. The van der Waals surface area contributed by atoms with E-state index in [0.29, 0.717) is 5.41 Å². The van der Waals surface area contributed by atoms with Crippen LogP contribution in [-0.2, 0) is 6.42 Å². The van der Waals surface area contributed by atoms with Gasteiger partial charge in [-0.1, -0.05) is 36.4 Å². The molecule has 2 aromatic rings. The van der Waals surface area contributed by atoms with E-state index in [-0.39, 0.29) is 24.0 Å². The molecule has 0 spiro atoms. The second kappa shape index (κ2) is 9.58. The normalized spacial score (nSPS) is 18.4. The molecule has 0 unspecified atom stereocenters. The molecule has 0 bridgehead atoms. The van der Waals surface area contributed by atoms with Crippen LogP contribution in [0.5, 0.6) is 0 Å². The van der Waals surface area contributed by atoms with Gasteiger partial charge in [0.15, 0.2) is 5.96 Å².